The molecule has 7 nitrogen and oxygen atoms in total. The standard InChI is InChI=1S/C26H30F3N5O2S/c1-15(2)34-9-7-20(8-10-34)36-21-12-18(11-19(13-21)25-30-14-16(3)37-25)24(35)31-17(4)22-5-6-23(33-32-22)26(27,28)29/h5-6,11-15,17,20H,7-10H2,1-4H3,(H,31,35). The average Bonchev–Trinajstić information content (AvgIpc) is 3.30. The molecule has 3 aromatic rings. The fraction of sp³-hybridized carbons (Fsp3) is 0.462. The molecular formula is C26H30F3N5O2S. The van der Waals surface area contributed by atoms with Gasteiger partial charge in [0.05, 0.1) is 11.7 Å². The second-order valence-corrected chi connectivity index (χ2v) is 10.7. The van der Waals surface area contributed by atoms with Gasteiger partial charge < -0.3 is 15.0 Å². The van der Waals surface area contributed by atoms with E-state index in [0.717, 1.165) is 47.4 Å². The van der Waals surface area contributed by atoms with Crippen LogP contribution in [0.25, 0.3) is 10.6 Å². The molecule has 4 rings (SSSR count). The summed E-state index contributed by atoms with van der Waals surface area (Å²) in [5, 5.41) is 10.5. The number of amides is 1. The highest BCUT2D eigenvalue weighted by atomic mass is 32.1. The number of nitrogens with one attached hydrogen (secondary N) is 1. The first kappa shape index (κ1) is 27.0. The van der Waals surface area contributed by atoms with Gasteiger partial charge >= 0.3 is 6.18 Å². The number of carbonyl (C=O) groups is 1. The lowest BCUT2D eigenvalue weighted by atomic mass is 10.1. The molecule has 0 bridgehead atoms. The van der Waals surface area contributed by atoms with E-state index >= 15 is 0 Å². The zero-order valence-electron chi connectivity index (χ0n) is 21.2. The van der Waals surface area contributed by atoms with E-state index in [2.05, 4.69) is 39.2 Å². The van der Waals surface area contributed by atoms with Crippen LogP contribution < -0.4 is 10.1 Å². The van der Waals surface area contributed by atoms with Crippen molar-refractivity contribution in [1.29, 1.82) is 0 Å². The first-order valence-corrected chi connectivity index (χ1v) is 13.0. The van der Waals surface area contributed by atoms with Crippen molar-refractivity contribution in [2.24, 2.45) is 0 Å². The molecule has 3 heterocycles. The molecule has 1 amide bonds. The number of rotatable bonds is 7. The van der Waals surface area contributed by atoms with Crippen molar-refractivity contribution in [3.63, 3.8) is 0 Å². The van der Waals surface area contributed by atoms with Gasteiger partial charge in [0.1, 0.15) is 16.9 Å². The minimum atomic E-state index is -4.57. The van der Waals surface area contributed by atoms with Crippen molar-refractivity contribution in [3.8, 4) is 16.3 Å². The van der Waals surface area contributed by atoms with E-state index in [1.807, 2.05) is 13.0 Å². The Morgan fingerprint density at radius 3 is 2.43 bits per heavy atom. The Balaban J connectivity index is 1.53. The molecule has 198 valence electrons. The summed E-state index contributed by atoms with van der Waals surface area (Å²) >= 11 is 1.52. The van der Waals surface area contributed by atoms with Crippen LogP contribution in [0.5, 0.6) is 5.75 Å². The molecule has 1 N–H and O–H groups in total. The molecule has 0 aliphatic carbocycles. The van der Waals surface area contributed by atoms with Crippen LogP contribution in [0.4, 0.5) is 13.2 Å². The van der Waals surface area contributed by atoms with E-state index in [4.69, 9.17) is 4.74 Å². The molecular weight excluding hydrogens is 503 g/mol. The van der Waals surface area contributed by atoms with Crippen LogP contribution in [0.15, 0.2) is 36.5 Å². The van der Waals surface area contributed by atoms with Gasteiger partial charge in [0.15, 0.2) is 5.69 Å². The van der Waals surface area contributed by atoms with Crippen LogP contribution in [-0.4, -0.2) is 51.2 Å². The van der Waals surface area contributed by atoms with Crippen molar-refractivity contribution in [1.82, 2.24) is 25.4 Å². The van der Waals surface area contributed by atoms with Gasteiger partial charge in [-0.1, -0.05) is 0 Å². The van der Waals surface area contributed by atoms with E-state index in [-0.39, 0.29) is 11.8 Å². The lowest BCUT2D eigenvalue weighted by Gasteiger charge is -2.34. The molecule has 1 aromatic carbocycles. The normalized spacial score (nSPS) is 16.1. The van der Waals surface area contributed by atoms with Crippen molar-refractivity contribution >= 4 is 17.2 Å². The molecule has 1 fully saturated rings. The third-order valence-corrected chi connectivity index (χ3v) is 7.28. The van der Waals surface area contributed by atoms with Crippen LogP contribution in [-0.2, 0) is 6.18 Å². The maximum atomic E-state index is 13.2. The molecule has 37 heavy (non-hydrogen) atoms. The van der Waals surface area contributed by atoms with Gasteiger partial charge in [-0.15, -0.1) is 16.4 Å². The maximum Gasteiger partial charge on any atom is 0.435 e. The van der Waals surface area contributed by atoms with Gasteiger partial charge in [0.25, 0.3) is 5.91 Å². The number of hydrogen-bond donors (Lipinski definition) is 1. The molecule has 2 aromatic heterocycles. The number of alkyl halides is 3. The predicted molar refractivity (Wildman–Crippen MR) is 136 cm³/mol. The number of thiazole rings is 1. The average molecular weight is 534 g/mol. The largest absolute Gasteiger partial charge is 0.490 e. The third-order valence-electron chi connectivity index (χ3n) is 6.31. The Morgan fingerprint density at radius 2 is 1.86 bits per heavy atom. The smallest absolute Gasteiger partial charge is 0.435 e. The van der Waals surface area contributed by atoms with Gasteiger partial charge in [-0.3, -0.25) is 4.79 Å². The minimum Gasteiger partial charge on any atom is -0.490 e. The van der Waals surface area contributed by atoms with Crippen LogP contribution in [0.3, 0.4) is 0 Å². The summed E-state index contributed by atoms with van der Waals surface area (Å²) in [7, 11) is 0. The molecule has 0 radical (unpaired) electrons. The van der Waals surface area contributed by atoms with Crippen LogP contribution in [0.2, 0.25) is 0 Å². The first-order valence-electron chi connectivity index (χ1n) is 12.2. The number of carbonyl (C=O) groups excluding carboxylic acids is 1. The lowest BCUT2D eigenvalue weighted by Crippen LogP contribution is -2.41. The van der Waals surface area contributed by atoms with E-state index in [1.54, 1.807) is 25.3 Å². The Kier molecular flexibility index (Phi) is 8.13. The van der Waals surface area contributed by atoms with Gasteiger partial charge in [0, 0.05) is 41.3 Å². The Morgan fingerprint density at radius 1 is 1.14 bits per heavy atom. The molecule has 1 aliphatic rings. The lowest BCUT2D eigenvalue weighted by molar-refractivity contribution is -0.141. The number of hydrogen-bond acceptors (Lipinski definition) is 7. The van der Waals surface area contributed by atoms with Crippen molar-refractivity contribution in [3.05, 3.63) is 58.4 Å². The van der Waals surface area contributed by atoms with E-state index in [1.165, 1.54) is 17.4 Å². The molecule has 1 atom stereocenters. The summed E-state index contributed by atoms with van der Waals surface area (Å²) in [6, 6.07) is 7.24. The summed E-state index contributed by atoms with van der Waals surface area (Å²) < 4.78 is 44.7. The second-order valence-electron chi connectivity index (χ2n) is 9.51. The number of ether oxygens (including phenoxy) is 1. The monoisotopic (exact) mass is 533 g/mol. The van der Waals surface area contributed by atoms with Crippen molar-refractivity contribution in [2.75, 3.05) is 13.1 Å². The van der Waals surface area contributed by atoms with Gasteiger partial charge in [-0.25, -0.2) is 4.98 Å². The SMILES string of the molecule is Cc1cnc(-c2cc(OC3CCN(C(C)C)CC3)cc(C(=O)NC(C)c3ccc(C(F)(F)F)nn3)c2)s1. The molecule has 0 spiro atoms. The van der Waals surface area contributed by atoms with Crippen LogP contribution >= 0.6 is 11.3 Å². The van der Waals surface area contributed by atoms with Crippen LogP contribution in [0.1, 0.15) is 66.3 Å². The zero-order valence-corrected chi connectivity index (χ0v) is 22.0. The Labute approximate surface area is 218 Å². The predicted octanol–water partition coefficient (Wildman–Crippen LogP) is 5.67. The number of benzene rings is 1. The summed E-state index contributed by atoms with van der Waals surface area (Å²) in [5.41, 5.74) is 0.276. The summed E-state index contributed by atoms with van der Waals surface area (Å²) in [5.74, 6) is 0.185. The third kappa shape index (κ3) is 6.84. The summed E-state index contributed by atoms with van der Waals surface area (Å²) in [6.45, 7) is 9.87. The van der Waals surface area contributed by atoms with Gasteiger partial charge in [0.2, 0.25) is 0 Å². The maximum absolute atomic E-state index is 13.2. The molecule has 1 aliphatic heterocycles. The van der Waals surface area contributed by atoms with E-state index in [0.29, 0.717) is 17.4 Å². The highest BCUT2D eigenvalue weighted by Gasteiger charge is 2.33. The fourth-order valence-corrected chi connectivity index (χ4v) is 4.94. The number of likely N-dealkylation sites (tertiary alicyclic amines) is 1. The fourth-order valence-electron chi connectivity index (χ4n) is 4.19. The zero-order chi connectivity index (χ0) is 26.7. The van der Waals surface area contributed by atoms with Gasteiger partial charge in [-0.05, 0) is 70.9 Å². The quantitative estimate of drug-likeness (QED) is 0.422. The topological polar surface area (TPSA) is 80.2 Å². The number of nitrogens with zero attached hydrogens (tertiary/aromatic N) is 4. The van der Waals surface area contributed by atoms with Crippen molar-refractivity contribution in [2.45, 2.75) is 64.9 Å². The highest BCUT2D eigenvalue weighted by Crippen LogP contribution is 2.31. The Bertz CT molecular complexity index is 1220. The number of piperidine rings is 1. The molecule has 1 unspecified atom stereocenters. The minimum absolute atomic E-state index is 0.0422. The van der Waals surface area contributed by atoms with Crippen molar-refractivity contribution < 1.29 is 22.7 Å². The molecule has 0 saturated carbocycles. The number of aryl methyl sites for hydroxylation is 1. The highest BCUT2D eigenvalue weighted by molar-refractivity contribution is 7.14. The molecule has 11 heteroatoms. The number of aromatic nitrogens is 3. The first-order chi connectivity index (χ1) is 17.5. The Hall–Kier alpha value is -3.05. The summed E-state index contributed by atoms with van der Waals surface area (Å²) in [4.78, 5) is 21.1. The van der Waals surface area contributed by atoms with E-state index < -0.39 is 23.8 Å². The summed E-state index contributed by atoms with van der Waals surface area (Å²) in [6.07, 6.45) is -0.969. The van der Waals surface area contributed by atoms with E-state index in [9.17, 15) is 18.0 Å². The second kappa shape index (κ2) is 11.1. The molecule has 1 saturated heterocycles. The number of halogens is 3. The van der Waals surface area contributed by atoms with Crippen LogP contribution in [0, 0.1) is 6.92 Å². The van der Waals surface area contributed by atoms with Gasteiger partial charge in [-0.2, -0.15) is 18.3 Å².